The quantitative estimate of drug-likeness (QED) is 0.869. The molecule has 2 fully saturated rings. The average Bonchev–Trinajstić information content (AvgIpc) is 3.11. The number of hydrogen-bond acceptors (Lipinski definition) is 4. The van der Waals surface area contributed by atoms with E-state index in [2.05, 4.69) is 4.98 Å². The number of benzene rings is 1. The van der Waals surface area contributed by atoms with Gasteiger partial charge in [-0.15, -0.1) is 0 Å². The van der Waals surface area contributed by atoms with E-state index < -0.39 is 0 Å². The molecule has 1 amide bonds. The van der Waals surface area contributed by atoms with Gasteiger partial charge in [-0.2, -0.15) is 0 Å². The Balaban J connectivity index is 1.65. The summed E-state index contributed by atoms with van der Waals surface area (Å²) in [6.45, 7) is 3.45. The molecule has 3 heterocycles. The maximum absolute atomic E-state index is 13.1. The number of amides is 1. The number of nitrogens with zero attached hydrogens (tertiary/aromatic N) is 2. The predicted octanol–water partition coefficient (Wildman–Crippen LogP) is 1.97. The zero-order valence-corrected chi connectivity index (χ0v) is 13.2. The Kier molecular flexibility index (Phi) is 3.54. The van der Waals surface area contributed by atoms with Gasteiger partial charge in [-0.3, -0.25) is 9.78 Å². The monoisotopic (exact) mass is 312 g/mol. The van der Waals surface area contributed by atoms with E-state index in [9.17, 15) is 4.79 Å². The molecule has 2 aromatic rings. The molecule has 4 rings (SSSR count). The molecule has 1 aromatic heterocycles. The molecule has 2 saturated heterocycles. The van der Waals surface area contributed by atoms with Crippen molar-refractivity contribution in [2.24, 2.45) is 11.3 Å². The second-order valence-electron chi connectivity index (χ2n) is 6.57. The lowest BCUT2D eigenvalue weighted by atomic mass is 9.82. The molecular formula is C18H20N2O3. The number of hydrogen-bond donors (Lipinski definition) is 0. The van der Waals surface area contributed by atoms with E-state index >= 15 is 0 Å². The van der Waals surface area contributed by atoms with Crippen LogP contribution in [0.3, 0.4) is 0 Å². The minimum atomic E-state index is -0.0484. The van der Waals surface area contributed by atoms with Crippen LogP contribution in [-0.2, 0) is 9.47 Å². The van der Waals surface area contributed by atoms with Gasteiger partial charge in [-0.25, -0.2) is 0 Å². The highest BCUT2D eigenvalue weighted by Gasteiger charge is 2.52. The van der Waals surface area contributed by atoms with Gasteiger partial charge in [0.05, 0.1) is 30.9 Å². The summed E-state index contributed by atoms with van der Waals surface area (Å²) in [5, 5.41) is 0.911. The number of likely N-dealkylation sites (tertiary alicyclic amines) is 1. The molecule has 0 aliphatic carbocycles. The smallest absolute Gasteiger partial charge is 0.254 e. The van der Waals surface area contributed by atoms with E-state index in [4.69, 9.17) is 9.47 Å². The van der Waals surface area contributed by atoms with Crippen molar-refractivity contribution in [3.63, 3.8) is 0 Å². The fourth-order valence-corrected chi connectivity index (χ4v) is 3.93. The van der Waals surface area contributed by atoms with Crippen molar-refractivity contribution in [3.8, 4) is 0 Å². The number of pyridine rings is 1. The predicted molar refractivity (Wildman–Crippen MR) is 86.3 cm³/mol. The second kappa shape index (κ2) is 5.58. The van der Waals surface area contributed by atoms with E-state index in [1.165, 1.54) is 0 Å². The van der Waals surface area contributed by atoms with Crippen LogP contribution in [0.2, 0.25) is 0 Å². The minimum absolute atomic E-state index is 0.0484. The van der Waals surface area contributed by atoms with Gasteiger partial charge < -0.3 is 14.4 Å². The van der Waals surface area contributed by atoms with Gasteiger partial charge in [0.25, 0.3) is 5.91 Å². The van der Waals surface area contributed by atoms with Crippen molar-refractivity contribution >= 4 is 16.8 Å². The number of carbonyl (C=O) groups is 1. The van der Waals surface area contributed by atoms with Crippen LogP contribution in [0.4, 0.5) is 0 Å². The van der Waals surface area contributed by atoms with Crippen LogP contribution in [0.5, 0.6) is 0 Å². The summed E-state index contributed by atoms with van der Waals surface area (Å²) in [5.41, 5.74) is 1.53. The normalized spacial score (nSPS) is 26.7. The summed E-state index contributed by atoms with van der Waals surface area (Å²) in [5.74, 6) is 0.438. The Morgan fingerprint density at radius 3 is 3.17 bits per heavy atom. The van der Waals surface area contributed by atoms with E-state index in [1.54, 1.807) is 13.3 Å². The van der Waals surface area contributed by atoms with Gasteiger partial charge in [0.15, 0.2) is 0 Å². The molecule has 2 aliphatic rings. The van der Waals surface area contributed by atoms with Crippen LogP contribution in [0.15, 0.2) is 36.5 Å². The number of rotatable bonds is 3. The zero-order valence-electron chi connectivity index (χ0n) is 13.2. The largest absolute Gasteiger partial charge is 0.384 e. The molecule has 5 nitrogen and oxygen atoms in total. The Labute approximate surface area is 135 Å². The summed E-state index contributed by atoms with van der Waals surface area (Å²) in [6.07, 6.45) is 1.71. The van der Waals surface area contributed by atoms with Crippen molar-refractivity contribution in [2.45, 2.75) is 0 Å². The number of aromatic nitrogens is 1. The first-order chi connectivity index (χ1) is 11.2. The van der Waals surface area contributed by atoms with Crippen molar-refractivity contribution in [1.29, 1.82) is 0 Å². The standard InChI is InChI=1S/C18H20N2O3/c1-22-11-18-10-20(8-13(18)9-23-12-18)17(21)15-6-7-19-16-5-3-2-4-14(15)16/h2-7,13H,8-12H2,1H3/t13-,18-/m0/s1. The molecule has 0 unspecified atom stereocenters. The van der Waals surface area contributed by atoms with Gasteiger partial charge in [0.2, 0.25) is 0 Å². The average molecular weight is 312 g/mol. The highest BCUT2D eigenvalue weighted by Crippen LogP contribution is 2.42. The third-order valence-electron chi connectivity index (χ3n) is 5.12. The number of methoxy groups -OCH3 is 1. The zero-order chi connectivity index (χ0) is 15.9. The van der Waals surface area contributed by atoms with Crippen LogP contribution in [-0.4, -0.2) is 55.8 Å². The summed E-state index contributed by atoms with van der Waals surface area (Å²) < 4.78 is 11.0. The fraction of sp³-hybridized carbons (Fsp3) is 0.444. The molecule has 5 heteroatoms. The van der Waals surface area contributed by atoms with Gasteiger partial charge in [0.1, 0.15) is 0 Å². The molecule has 0 spiro atoms. The van der Waals surface area contributed by atoms with E-state index in [0.29, 0.717) is 32.3 Å². The van der Waals surface area contributed by atoms with Gasteiger partial charge >= 0.3 is 0 Å². The first kappa shape index (κ1) is 14.6. The minimum Gasteiger partial charge on any atom is -0.384 e. The molecule has 1 aromatic carbocycles. The third kappa shape index (κ3) is 2.31. The fourth-order valence-electron chi connectivity index (χ4n) is 3.93. The summed E-state index contributed by atoms with van der Waals surface area (Å²) in [4.78, 5) is 19.3. The lowest BCUT2D eigenvalue weighted by Crippen LogP contribution is -2.37. The SMILES string of the molecule is COC[C@@]12COC[C@@H]1CN(C(=O)c1ccnc3ccccc13)C2. The van der Waals surface area contributed by atoms with E-state index in [-0.39, 0.29) is 11.3 Å². The van der Waals surface area contributed by atoms with Crippen molar-refractivity contribution in [1.82, 2.24) is 9.88 Å². The number of fused-ring (bicyclic) bond motifs is 2. The van der Waals surface area contributed by atoms with Gasteiger partial charge in [0, 0.05) is 43.1 Å². The maximum atomic E-state index is 13.1. The molecule has 0 saturated carbocycles. The number of para-hydroxylation sites is 1. The summed E-state index contributed by atoms with van der Waals surface area (Å²) in [6, 6.07) is 9.60. The van der Waals surface area contributed by atoms with Crippen LogP contribution in [0.25, 0.3) is 10.9 Å². The van der Waals surface area contributed by atoms with Crippen molar-refractivity contribution in [2.75, 3.05) is 40.0 Å². The Morgan fingerprint density at radius 1 is 1.43 bits per heavy atom. The molecule has 0 N–H and O–H groups in total. The van der Waals surface area contributed by atoms with Crippen LogP contribution in [0, 0.1) is 11.3 Å². The van der Waals surface area contributed by atoms with Gasteiger partial charge in [-0.1, -0.05) is 18.2 Å². The molecular weight excluding hydrogens is 292 g/mol. The van der Waals surface area contributed by atoms with Crippen LogP contribution < -0.4 is 0 Å². The molecule has 2 atom stereocenters. The first-order valence-corrected chi connectivity index (χ1v) is 7.93. The number of ether oxygens (including phenoxy) is 2. The highest BCUT2D eigenvalue weighted by atomic mass is 16.5. The van der Waals surface area contributed by atoms with Crippen LogP contribution in [0.1, 0.15) is 10.4 Å². The van der Waals surface area contributed by atoms with Crippen LogP contribution >= 0.6 is 0 Å². The molecule has 120 valence electrons. The Hall–Kier alpha value is -1.98. The Morgan fingerprint density at radius 2 is 2.30 bits per heavy atom. The molecule has 2 aliphatic heterocycles. The third-order valence-corrected chi connectivity index (χ3v) is 5.12. The van der Waals surface area contributed by atoms with Gasteiger partial charge in [-0.05, 0) is 12.1 Å². The van der Waals surface area contributed by atoms with E-state index in [1.807, 2.05) is 35.2 Å². The highest BCUT2D eigenvalue weighted by molar-refractivity contribution is 6.06. The lowest BCUT2D eigenvalue weighted by molar-refractivity contribution is 0.0489. The first-order valence-electron chi connectivity index (χ1n) is 7.93. The number of carbonyl (C=O) groups excluding carboxylic acids is 1. The summed E-state index contributed by atoms with van der Waals surface area (Å²) >= 11 is 0. The summed E-state index contributed by atoms with van der Waals surface area (Å²) in [7, 11) is 1.71. The maximum Gasteiger partial charge on any atom is 0.254 e. The van der Waals surface area contributed by atoms with E-state index in [0.717, 1.165) is 23.0 Å². The molecule has 23 heavy (non-hydrogen) atoms. The van der Waals surface area contributed by atoms with Crippen molar-refractivity contribution < 1.29 is 14.3 Å². The topological polar surface area (TPSA) is 51.7 Å². The molecule has 0 radical (unpaired) electrons. The van der Waals surface area contributed by atoms with Crippen molar-refractivity contribution in [3.05, 3.63) is 42.1 Å². The second-order valence-corrected chi connectivity index (χ2v) is 6.57. The lowest BCUT2D eigenvalue weighted by Gasteiger charge is -2.26. The Bertz CT molecular complexity index is 743. The molecule has 0 bridgehead atoms.